The minimum Gasteiger partial charge on any atom is -0.545 e. The van der Waals surface area contributed by atoms with Gasteiger partial charge in [0.05, 0.1) is 11.9 Å². The second-order valence-corrected chi connectivity index (χ2v) is 2.41. The first kappa shape index (κ1) is 20.8. The van der Waals surface area contributed by atoms with Crippen LogP contribution in [0.4, 0.5) is 0 Å². The van der Waals surface area contributed by atoms with Gasteiger partial charge < -0.3 is 19.8 Å². The van der Waals surface area contributed by atoms with Crippen LogP contribution in [0.5, 0.6) is 0 Å². The molecule has 4 nitrogen and oxygen atoms in total. The maximum Gasteiger partial charge on any atom is 2.00 e. The number of rotatable bonds is 4. The average molecular weight is 277 g/mol. The fraction of sp³-hybridized carbons (Fsp3) is 0.167. The molecule has 5 heteroatoms. The zero-order valence-corrected chi connectivity index (χ0v) is 10.8. The third kappa shape index (κ3) is 31.4. The van der Waals surface area contributed by atoms with Gasteiger partial charge in [-0.25, -0.2) is 0 Å². The molecule has 0 atom stereocenters. The topological polar surface area (TPSA) is 80.3 Å². The fourth-order valence-electron chi connectivity index (χ4n) is 0.490. The van der Waals surface area contributed by atoms with Gasteiger partial charge in [-0.1, -0.05) is 36.5 Å². The molecule has 17 heavy (non-hydrogen) atoms. The molecule has 0 aliphatic heterocycles. The van der Waals surface area contributed by atoms with Gasteiger partial charge in [0.2, 0.25) is 0 Å². The van der Waals surface area contributed by atoms with Crippen molar-refractivity contribution in [3.8, 4) is 0 Å². The Bertz CT molecular complexity index is 282. The molecular formula is C12H14MnO4. The van der Waals surface area contributed by atoms with Crippen molar-refractivity contribution in [1.29, 1.82) is 0 Å². The van der Waals surface area contributed by atoms with Crippen LogP contribution in [0.2, 0.25) is 0 Å². The van der Waals surface area contributed by atoms with Gasteiger partial charge in [-0.05, 0) is 26.0 Å². The molecule has 0 amide bonds. The van der Waals surface area contributed by atoms with Gasteiger partial charge in [0.1, 0.15) is 0 Å². The summed E-state index contributed by atoms with van der Waals surface area (Å²) < 4.78 is 0. The summed E-state index contributed by atoms with van der Waals surface area (Å²) in [6.07, 6.45) is 11.5. The van der Waals surface area contributed by atoms with Gasteiger partial charge in [0.15, 0.2) is 0 Å². The van der Waals surface area contributed by atoms with Gasteiger partial charge in [-0.15, -0.1) is 0 Å². The van der Waals surface area contributed by atoms with Crippen LogP contribution < -0.4 is 10.2 Å². The molecule has 0 aromatic rings. The van der Waals surface area contributed by atoms with Crippen molar-refractivity contribution in [3.05, 3.63) is 48.6 Å². The van der Waals surface area contributed by atoms with Gasteiger partial charge >= 0.3 is 17.1 Å². The molecule has 1 radical (unpaired) electrons. The summed E-state index contributed by atoms with van der Waals surface area (Å²) in [4.78, 5) is 19.3. The Morgan fingerprint density at radius 1 is 0.765 bits per heavy atom. The van der Waals surface area contributed by atoms with E-state index in [1.165, 1.54) is 12.2 Å². The van der Waals surface area contributed by atoms with E-state index in [0.29, 0.717) is 0 Å². The maximum atomic E-state index is 9.64. The Labute approximate surface area is 112 Å². The predicted molar refractivity (Wildman–Crippen MR) is 57.9 cm³/mol. The third-order valence-electron chi connectivity index (χ3n) is 1.07. The number of carbonyl (C=O) groups is 2. The molecule has 93 valence electrons. The van der Waals surface area contributed by atoms with Crippen molar-refractivity contribution in [2.24, 2.45) is 0 Å². The minimum atomic E-state index is -1.16. The van der Waals surface area contributed by atoms with Gasteiger partial charge in [0, 0.05) is 0 Å². The van der Waals surface area contributed by atoms with E-state index in [2.05, 4.69) is 0 Å². The zero-order valence-electron chi connectivity index (χ0n) is 9.63. The van der Waals surface area contributed by atoms with Crippen molar-refractivity contribution >= 4 is 11.9 Å². The van der Waals surface area contributed by atoms with Crippen molar-refractivity contribution in [3.63, 3.8) is 0 Å². The second kappa shape index (κ2) is 16.8. The standard InChI is InChI=1S/2C6H8O2.Mn/c2*1-2-3-4-5-6(7)8;/h2*2-5H,1H3,(H,7,8);/q;;+2/p-2/b2*3-2+,5-4+;. The van der Waals surface area contributed by atoms with Crippen LogP contribution in [-0.2, 0) is 26.7 Å². The molecule has 0 saturated heterocycles. The Balaban J connectivity index is -0.000000218. The molecule has 0 rings (SSSR count). The van der Waals surface area contributed by atoms with E-state index >= 15 is 0 Å². The van der Waals surface area contributed by atoms with E-state index in [9.17, 15) is 19.8 Å². The largest absolute Gasteiger partial charge is 2.00 e. The minimum absolute atomic E-state index is 0. The zero-order chi connectivity index (χ0) is 12.8. The summed E-state index contributed by atoms with van der Waals surface area (Å²) in [7, 11) is 0. The summed E-state index contributed by atoms with van der Waals surface area (Å²) in [5.41, 5.74) is 0. The number of allylic oxidation sites excluding steroid dienone is 6. The molecule has 0 fully saturated rings. The predicted octanol–water partition coefficient (Wildman–Crippen LogP) is -0.265. The second-order valence-electron chi connectivity index (χ2n) is 2.41. The van der Waals surface area contributed by atoms with Crippen molar-refractivity contribution in [2.45, 2.75) is 13.8 Å². The summed E-state index contributed by atoms with van der Waals surface area (Å²) in [5, 5.41) is 19.3. The molecule has 0 saturated carbocycles. The van der Waals surface area contributed by atoms with Crippen LogP contribution in [0.25, 0.3) is 0 Å². The van der Waals surface area contributed by atoms with E-state index < -0.39 is 11.9 Å². The van der Waals surface area contributed by atoms with Crippen LogP contribution >= 0.6 is 0 Å². The molecule has 0 aromatic carbocycles. The van der Waals surface area contributed by atoms with E-state index in [1.807, 2.05) is 0 Å². The molecule has 0 N–H and O–H groups in total. The quantitative estimate of drug-likeness (QED) is 0.402. The normalized spacial score (nSPS) is 10.5. The number of hydrogen-bond acceptors (Lipinski definition) is 4. The first-order valence-electron chi connectivity index (χ1n) is 4.55. The molecule has 0 aliphatic rings. The molecule has 0 aliphatic carbocycles. The number of carboxylic acids is 2. The van der Waals surface area contributed by atoms with Crippen molar-refractivity contribution in [1.82, 2.24) is 0 Å². The summed E-state index contributed by atoms with van der Waals surface area (Å²) >= 11 is 0. The fourth-order valence-corrected chi connectivity index (χ4v) is 0.490. The number of aliphatic carboxylic acids is 2. The number of carboxylic acid groups (broad SMARTS) is 2. The summed E-state index contributed by atoms with van der Waals surface area (Å²) in [6.45, 7) is 3.61. The van der Waals surface area contributed by atoms with E-state index in [0.717, 1.165) is 12.2 Å². The monoisotopic (exact) mass is 277 g/mol. The third-order valence-corrected chi connectivity index (χ3v) is 1.07. The smallest absolute Gasteiger partial charge is 0.545 e. The van der Waals surface area contributed by atoms with Crippen LogP contribution in [-0.4, -0.2) is 11.9 Å². The molecular weight excluding hydrogens is 263 g/mol. The Morgan fingerprint density at radius 3 is 1.24 bits per heavy atom. The number of carbonyl (C=O) groups excluding carboxylic acids is 2. The van der Waals surface area contributed by atoms with Crippen LogP contribution in [0.3, 0.4) is 0 Å². The Kier molecular flexibility index (Phi) is 20.6. The molecule has 0 heterocycles. The SMILES string of the molecule is C/C=C/C=C/C(=O)[O-].C/C=C/C=C/C(=O)[O-].[Mn+2]. The first-order valence-corrected chi connectivity index (χ1v) is 4.55. The van der Waals surface area contributed by atoms with Gasteiger partial charge in [-0.3, -0.25) is 0 Å². The molecule has 0 unspecified atom stereocenters. The summed E-state index contributed by atoms with van der Waals surface area (Å²) in [6, 6.07) is 0. The molecule has 0 aromatic heterocycles. The Hall–Kier alpha value is -1.58. The average Bonchev–Trinajstić information content (AvgIpc) is 2.18. The van der Waals surface area contributed by atoms with Crippen LogP contribution in [0.15, 0.2) is 48.6 Å². The van der Waals surface area contributed by atoms with E-state index in [-0.39, 0.29) is 17.1 Å². The van der Waals surface area contributed by atoms with Crippen LogP contribution in [0.1, 0.15) is 13.8 Å². The summed E-state index contributed by atoms with van der Waals surface area (Å²) in [5.74, 6) is -2.33. The van der Waals surface area contributed by atoms with Gasteiger partial charge in [-0.2, -0.15) is 0 Å². The van der Waals surface area contributed by atoms with Crippen molar-refractivity contribution < 1.29 is 36.9 Å². The maximum absolute atomic E-state index is 9.64. The number of hydrogen-bond donors (Lipinski definition) is 0. The molecule has 0 bridgehead atoms. The Morgan fingerprint density at radius 2 is 1.06 bits per heavy atom. The van der Waals surface area contributed by atoms with E-state index in [1.54, 1.807) is 38.2 Å². The van der Waals surface area contributed by atoms with Crippen LogP contribution in [0, 0.1) is 0 Å². The molecule has 0 spiro atoms. The van der Waals surface area contributed by atoms with Crippen molar-refractivity contribution in [2.75, 3.05) is 0 Å². The van der Waals surface area contributed by atoms with E-state index in [4.69, 9.17) is 0 Å². The first-order chi connectivity index (χ1) is 7.54. The van der Waals surface area contributed by atoms with Gasteiger partial charge in [0.25, 0.3) is 0 Å².